The van der Waals surface area contributed by atoms with Crippen molar-refractivity contribution < 1.29 is 14.4 Å². The lowest BCUT2D eigenvalue weighted by atomic mass is 10.0. The first-order chi connectivity index (χ1) is 16.4. The van der Waals surface area contributed by atoms with Crippen molar-refractivity contribution in [3.05, 3.63) is 130 Å². The molecule has 4 rings (SSSR count). The molecule has 0 saturated heterocycles. The summed E-state index contributed by atoms with van der Waals surface area (Å²) in [6.07, 6.45) is 0. The highest BCUT2D eigenvalue weighted by molar-refractivity contribution is 6.14. The lowest BCUT2D eigenvalue weighted by Crippen LogP contribution is -2.18. The summed E-state index contributed by atoms with van der Waals surface area (Å²) in [5.41, 5.74) is 4.39. The number of amides is 2. The number of hydrogen-bond donors (Lipinski definition) is 2. The van der Waals surface area contributed by atoms with Gasteiger partial charge in [-0.05, 0) is 55.3 Å². The maximum Gasteiger partial charge on any atom is 0.255 e. The number of benzene rings is 4. The molecule has 168 valence electrons. The lowest BCUT2D eigenvalue weighted by Gasteiger charge is -2.15. The molecule has 2 N–H and O–H groups in total. The Kier molecular flexibility index (Phi) is 6.64. The number of aryl methyl sites for hydroxylation is 2. The van der Waals surface area contributed by atoms with E-state index in [2.05, 4.69) is 10.6 Å². The molecule has 0 saturated carbocycles. The molecule has 0 fully saturated rings. The summed E-state index contributed by atoms with van der Waals surface area (Å²) in [5.74, 6) is -0.802. The third-order valence-corrected chi connectivity index (χ3v) is 5.59. The van der Waals surface area contributed by atoms with Gasteiger partial charge in [0.25, 0.3) is 11.8 Å². The number of rotatable bonds is 6. The van der Waals surface area contributed by atoms with Gasteiger partial charge in [0.1, 0.15) is 0 Å². The van der Waals surface area contributed by atoms with Crippen molar-refractivity contribution in [2.75, 3.05) is 10.6 Å². The SMILES string of the molecule is Cc1ccccc1C(=O)Nc1ccc(C(=O)c2ccccc2)cc1NC(=O)c1ccccc1C. The Morgan fingerprint density at radius 3 is 1.59 bits per heavy atom. The van der Waals surface area contributed by atoms with Gasteiger partial charge in [-0.1, -0.05) is 66.7 Å². The fourth-order valence-corrected chi connectivity index (χ4v) is 3.69. The second kappa shape index (κ2) is 9.96. The average Bonchev–Trinajstić information content (AvgIpc) is 2.85. The molecule has 5 nitrogen and oxygen atoms in total. The number of nitrogens with one attached hydrogen (secondary N) is 2. The number of carbonyl (C=O) groups excluding carboxylic acids is 3. The standard InChI is InChI=1S/C29H24N2O3/c1-19-10-6-8-14-23(19)28(33)30-25-17-16-22(27(32)21-12-4-3-5-13-21)18-26(25)31-29(34)24-15-9-7-11-20(24)2/h3-18H,1-2H3,(H,30,33)(H,31,34). The van der Waals surface area contributed by atoms with Crippen LogP contribution in [0.25, 0.3) is 0 Å². The highest BCUT2D eigenvalue weighted by Gasteiger charge is 2.17. The molecular weight excluding hydrogens is 424 g/mol. The molecule has 4 aromatic rings. The van der Waals surface area contributed by atoms with Crippen molar-refractivity contribution in [2.45, 2.75) is 13.8 Å². The van der Waals surface area contributed by atoms with Crippen LogP contribution >= 0.6 is 0 Å². The maximum atomic E-state index is 13.0. The molecule has 34 heavy (non-hydrogen) atoms. The molecule has 0 heterocycles. The second-order valence-electron chi connectivity index (χ2n) is 7.99. The molecule has 0 aliphatic rings. The quantitative estimate of drug-likeness (QED) is 0.353. The Balaban J connectivity index is 1.70. The van der Waals surface area contributed by atoms with Gasteiger partial charge in [0.2, 0.25) is 0 Å². The van der Waals surface area contributed by atoms with E-state index in [1.165, 1.54) is 0 Å². The van der Waals surface area contributed by atoms with Crippen molar-refractivity contribution in [3.63, 3.8) is 0 Å². The Morgan fingerprint density at radius 2 is 1.03 bits per heavy atom. The fraction of sp³-hybridized carbons (Fsp3) is 0.0690. The molecule has 0 aliphatic carbocycles. The highest BCUT2D eigenvalue weighted by atomic mass is 16.2. The van der Waals surface area contributed by atoms with Gasteiger partial charge in [-0.3, -0.25) is 14.4 Å². The fourth-order valence-electron chi connectivity index (χ4n) is 3.69. The van der Waals surface area contributed by atoms with Gasteiger partial charge in [0.05, 0.1) is 11.4 Å². The normalized spacial score (nSPS) is 10.4. The zero-order valence-electron chi connectivity index (χ0n) is 19.0. The zero-order valence-corrected chi connectivity index (χ0v) is 19.0. The lowest BCUT2D eigenvalue weighted by molar-refractivity contribution is 0.101. The van der Waals surface area contributed by atoms with Crippen LogP contribution in [0.3, 0.4) is 0 Å². The summed E-state index contributed by atoms with van der Waals surface area (Å²) < 4.78 is 0. The van der Waals surface area contributed by atoms with Gasteiger partial charge in [0.15, 0.2) is 5.78 Å². The third kappa shape index (κ3) is 4.94. The van der Waals surface area contributed by atoms with E-state index >= 15 is 0 Å². The van der Waals surface area contributed by atoms with Crippen LogP contribution in [0.4, 0.5) is 11.4 Å². The van der Waals surface area contributed by atoms with Crippen LogP contribution in [0.15, 0.2) is 97.1 Å². The minimum Gasteiger partial charge on any atom is -0.320 e. The maximum absolute atomic E-state index is 13.0. The number of anilines is 2. The minimum atomic E-state index is -0.325. The van der Waals surface area contributed by atoms with Crippen LogP contribution in [0.1, 0.15) is 47.8 Å². The number of hydrogen-bond acceptors (Lipinski definition) is 3. The summed E-state index contributed by atoms with van der Waals surface area (Å²) in [6.45, 7) is 3.71. The summed E-state index contributed by atoms with van der Waals surface area (Å²) in [5, 5.41) is 5.76. The van der Waals surface area contributed by atoms with Crippen molar-refractivity contribution in [1.29, 1.82) is 0 Å². The predicted octanol–water partition coefficient (Wildman–Crippen LogP) is 6.04. The zero-order chi connectivity index (χ0) is 24.1. The van der Waals surface area contributed by atoms with Crippen LogP contribution < -0.4 is 10.6 Å². The van der Waals surface area contributed by atoms with Crippen molar-refractivity contribution in [1.82, 2.24) is 0 Å². The summed E-state index contributed by atoms with van der Waals surface area (Å²) in [4.78, 5) is 39.0. The first-order valence-electron chi connectivity index (χ1n) is 10.9. The Morgan fingerprint density at radius 1 is 0.529 bits per heavy atom. The Hall–Kier alpha value is -4.51. The van der Waals surface area contributed by atoms with E-state index in [4.69, 9.17) is 0 Å². The molecule has 0 unspecified atom stereocenters. The first-order valence-corrected chi connectivity index (χ1v) is 10.9. The van der Waals surface area contributed by atoms with Crippen LogP contribution in [0, 0.1) is 13.8 Å². The van der Waals surface area contributed by atoms with E-state index in [1.54, 1.807) is 66.7 Å². The Bertz CT molecular complexity index is 1380. The summed E-state index contributed by atoms with van der Waals surface area (Å²) in [7, 11) is 0. The van der Waals surface area contributed by atoms with E-state index in [1.807, 2.05) is 44.2 Å². The highest BCUT2D eigenvalue weighted by Crippen LogP contribution is 2.27. The second-order valence-corrected chi connectivity index (χ2v) is 7.99. The van der Waals surface area contributed by atoms with E-state index in [0.29, 0.717) is 33.6 Å². The first kappa shape index (κ1) is 22.7. The number of ketones is 1. The predicted molar refractivity (Wildman–Crippen MR) is 135 cm³/mol. The minimum absolute atomic E-state index is 0.177. The average molecular weight is 449 g/mol. The smallest absolute Gasteiger partial charge is 0.255 e. The van der Waals surface area contributed by atoms with Crippen LogP contribution in [0.5, 0.6) is 0 Å². The summed E-state index contributed by atoms with van der Waals surface area (Å²) >= 11 is 0. The van der Waals surface area contributed by atoms with Gasteiger partial charge >= 0.3 is 0 Å². The largest absolute Gasteiger partial charge is 0.320 e. The van der Waals surface area contributed by atoms with E-state index in [-0.39, 0.29) is 17.6 Å². The monoisotopic (exact) mass is 448 g/mol. The molecule has 0 atom stereocenters. The molecule has 5 heteroatoms. The van der Waals surface area contributed by atoms with E-state index in [9.17, 15) is 14.4 Å². The molecule has 0 aromatic heterocycles. The van der Waals surface area contributed by atoms with Gasteiger partial charge in [-0.2, -0.15) is 0 Å². The Labute approximate surface area is 198 Å². The van der Waals surface area contributed by atoms with Gasteiger partial charge in [-0.15, -0.1) is 0 Å². The van der Waals surface area contributed by atoms with Crippen molar-refractivity contribution >= 4 is 29.0 Å². The molecule has 0 radical (unpaired) electrons. The van der Waals surface area contributed by atoms with Gasteiger partial charge < -0.3 is 10.6 Å². The molecule has 0 aliphatic heterocycles. The van der Waals surface area contributed by atoms with E-state index in [0.717, 1.165) is 11.1 Å². The van der Waals surface area contributed by atoms with Crippen molar-refractivity contribution in [3.8, 4) is 0 Å². The van der Waals surface area contributed by atoms with Gasteiger partial charge in [-0.25, -0.2) is 0 Å². The molecule has 2 amide bonds. The molecule has 0 bridgehead atoms. The van der Waals surface area contributed by atoms with Crippen LogP contribution in [0.2, 0.25) is 0 Å². The number of carbonyl (C=O) groups is 3. The third-order valence-electron chi connectivity index (χ3n) is 5.59. The van der Waals surface area contributed by atoms with Crippen LogP contribution in [-0.2, 0) is 0 Å². The van der Waals surface area contributed by atoms with Gasteiger partial charge in [0, 0.05) is 22.3 Å². The topological polar surface area (TPSA) is 75.3 Å². The van der Waals surface area contributed by atoms with Crippen LogP contribution in [-0.4, -0.2) is 17.6 Å². The molecule has 4 aromatic carbocycles. The molecule has 0 spiro atoms. The summed E-state index contributed by atoms with van der Waals surface area (Å²) in [6, 6.07) is 28.3. The van der Waals surface area contributed by atoms with Crippen molar-refractivity contribution in [2.24, 2.45) is 0 Å². The molecular formula is C29H24N2O3. The van der Waals surface area contributed by atoms with E-state index < -0.39 is 0 Å².